The van der Waals surface area contributed by atoms with Gasteiger partial charge in [-0.05, 0) is 66.3 Å². The molecule has 1 aromatic heterocycles. The standard InChI is InChI=1S/C33H35N3O5/c1-40-24-12-14-26-29(19-24)41-16-15-36-28-18-22(9-13-25(28)30(31(26)36)21-5-3-2-4-6-21)32(37)35-27(33(38)39)17-20-7-10-23(34)11-8-20/h7-14,18-19,21,27H,2-6,15-17,34H2,1H3,(H,35,37)(H,38,39)/t27-/m0/s1. The number of ether oxygens (including phenoxy) is 2. The Balaban J connectivity index is 1.40. The highest BCUT2D eigenvalue weighted by Crippen LogP contribution is 2.47. The molecule has 1 amide bonds. The average molecular weight is 554 g/mol. The number of rotatable bonds is 7. The molecule has 8 heteroatoms. The van der Waals surface area contributed by atoms with Gasteiger partial charge in [0.05, 0.1) is 19.3 Å². The maximum Gasteiger partial charge on any atom is 0.326 e. The van der Waals surface area contributed by atoms with Crippen LogP contribution in [0.3, 0.4) is 0 Å². The van der Waals surface area contributed by atoms with Crippen LogP contribution in [-0.2, 0) is 17.8 Å². The monoisotopic (exact) mass is 553 g/mol. The highest BCUT2D eigenvalue weighted by Gasteiger charge is 2.30. The van der Waals surface area contributed by atoms with Crippen LogP contribution in [0.4, 0.5) is 5.69 Å². The second kappa shape index (κ2) is 11.2. The van der Waals surface area contributed by atoms with E-state index in [4.69, 9.17) is 15.2 Å². The number of nitrogens with two attached hydrogens (primary N) is 1. The third kappa shape index (κ3) is 5.22. The molecule has 0 saturated heterocycles. The zero-order chi connectivity index (χ0) is 28.5. The van der Waals surface area contributed by atoms with Gasteiger partial charge in [-0.15, -0.1) is 0 Å². The van der Waals surface area contributed by atoms with E-state index < -0.39 is 17.9 Å². The summed E-state index contributed by atoms with van der Waals surface area (Å²) in [6, 6.07) is 17.7. The summed E-state index contributed by atoms with van der Waals surface area (Å²) in [6.45, 7) is 1.12. The Labute approximate surface area is 239 Å². The first kappa shape index (κ1) is 26.7. The maximum absolute atomic E-state index is 13.4. The van der Waals surface area contributed by atoms with E-state index in [-0.39, 0.29) is 6.42 Å². The van der Waals surface area contributed by atoms with Gasteiger partial charge in [0.2, 0.25) is 0 Å². The Bertz CT molecular complexity index is 1600. The first-order chi connectivity index (χ1) is 19.9. The van der Waals surface area contributed by atoms with Crippen LogP contribution in [0.2, 0.25) is 0 Å². The molecule has 6 rings (SSSR count). The van der Waals surface area contributed by atoms with Crippen LogP contribution in [-0.4, -0.2) is 41.3 Å². The minimum Gasteiger partial charge on any atom is -0.497 e. The fraction of sp³-hybridized carbons (Fsp3) is 0.333. The number of nitrogens with zero attached hydrogens (tertiary/aromatic N) is 1. The van der Waals surface area contributed by atoms with Crippen LogP contribution in [0.5, 0.6) is 11.5 Å². The molecular weight excluding hydrogens is 518 g/mol. The number of hydrogen-bond donors (Lipinski definition) is 3. The van der Waals surface area contributed by atoms with Crippen LogP contribution in [0, 0.1) is 0 Å². The highest BCUT2D eigenvalue weighted by atomic mass is 16.5. The van der Waals surface area contributed by atoms with Crippen LogP contribution < -0.4 is 20.5 Å². The molecule has 8 nitrogen and oxygen atoms in total. The molecule has 41 heavy (non-hydrogen) atoms. The first-order valence-corrected chi connectivity index (χ1v) is 14.3. The SMILES string of the molecule is COc1ccc2c(c1)OCCn1c-2c(C2CCCCC2)c2ccc(C(=O)N[C@@H](Cc3ccc(N)cc3)C(=O)O)cc21. The van der Waals surface area contributed by atoms with Gasteiger partial charge in [0.15, 0.2) is 0 Å². The first-order valence-electron chi connectivity index (χ1n) is 14.3. The molecule has 1 fully saturated rings. The van der Waals surface area contributed by atoms with Crippen molar-refractivity contribution in [3.8, 4) is 22.8 Å². The van der Waals surface area contributed by atoms with Gasteiger partial charge >= 0.3 is 5.97 Å². The molecule has 1 atom stereocenters. The number of aromatic nitrogens is 1. The molecule has 212 valence electrons. The molecule has 2 heterocycles. The maximum atomic E-state index is 13.4. The lowest BCUT2D eigenvalue weighted by molar-refractivity contribution is -0.139. The fourth-order valence-electron chi connectivity index (χ4n) is 6.37. The molecule has 0 bridgehead atoms. The topological polar surface area (TPSA) is 116 Å². The predicted molar refractivity (Wildman–Crippen MR) is 159 cm³/mol. The van der Waals surface area contributed by atoms with Gasteiger partial charge in [0.1, 0.15) is 24.1 Å². The number of fused-ring (bicyclic) bond motifs is 5. The summed E-state index contributed by atoms with van der Waals surface area (Å²) in [5.41, 5.74) is 12.0. The van der Waals surface area contributed by atoms with Gasteiger partial charge in [0.25, 0.3) is 5.91 Å². The Kier molecular flexibility index (Phi) is 7.30. The number of nitrogen functional groups attached to an aromatic ring is 1. The molecular formula is C33H35N3O5. The third-order valence-corrected chi connectivity index (χ3v) is 8.42. The van der Waals surface area contributed by atoms with Gasteiger partial charge in [-0.3, -0.25) is 4.79 Å². The van der Waals surface area contributed by atoms with Crippen molar-refractivity contribution in [2.45, 2.75) is 57.0 Å². The second-order valence-electron chi connectivity index (χ2n) is 11.0. The van der Waals surface area contributed by atoms with Gasteiger partial charge in [-0.1, -0.05) is 37.5 Å². The summed E-state index contributed by atoms with van der Waals surface area (Å²) in [7, 11) is 1.65. The number of carbonyl (C=O) groups excluding carboxylic acids is 1. The molecule has 1 aliphatic heterocycles. The van der Waals surface area contributed by atoms with E-state index in [2.05, 4.69) is 16.0 Å². The fourth-order valence-corrected chi connectivity index (χ4v) is 6.37. The zero-order valence-corrected chi connectivity index (χ0v) is 23.2. The lowest BCUT2D eigenvalue weighted by atomic mass is 9.81. The Morgan fingerprint density at radius 2 is 1.85 bits per heavy atom. The number of carbonyl (C=O) groups is 2. The highest BCUT2D eigenvalue weighted by molar-refractivity contribution is 6.02. The van der Waals surface area contributed by atoms with Crippen LogP contribution in [0.15, 0.2) is 60.7 Å². The van der Waals surface area contributed by atoms with Crippen molar-refractivity contribution in [3.63, 3.8) is 0 Å². The number of amides is 1. The van der Waals surface area contributed by atoms with Crippen molar-refractivity contribution in [1.29, 1.82) is 0 Å². The molecule has 0 unspecified atom stereocenters. The molecule has 2 aliphatic rings. The van der Waals surface area contributed by atoms with Crippen molar-refractivity contribution >= 4 is 28.5 Å². The predicted octanol–water partition coefficient (Wildman–Crippen LogP) is 5.76. The molecule has 4 aromatic rings. The Morgan fingerprint density at radius 1 is 1.07 bits per heavy atom. The van der Waals surface area contributed by atoms with Crippen LogP contribution >= 0.6 is 0 Å². The van der Waals surface area contributed by atoms with Gasteiger partial charge in [-0.2, -0.15) is 0 Å². The smallest absolute Gasteiger partial charge is 0.326 e. The van der Waals surface area contributed by atoms with E-state index in [9.17, 15) is 14.7 Å². The van der Waals surface area contributed by atoms with Crippen LogP contribution in [0.25, 0.3) is 22.2 Å². The molecule has 3 aromatic carbocycles. The zero-order valence-electron chi connectivity index (χ0n) is 23.2. The number of carboxylic acids is 1. The van der Waals surface area contributed by atoms with Crippen molar-refractivity contribution in [3.05, 3.63) is 77.4 Å². The molecule has 0 radical (unpaired) electrons. The largest absolute Gasteiger partial charge is 0.497 e. The quantitative estimate of drug-likeness (QED) is 0.251. The average Bonchev–Trinajstić information content (AvgIpc) is 3.19. The summed E-state index contributed by atoms with van der Waals surface area (Å²) in [4.78, 5) is 25.5. The van der Waals surface area contributed by atoms with E-state index in [1.54, 1.807) is 31.4 Å². The summed E-state index contributed by atoms with van der Waals surface area (Å²) in [6.07, 6.45) is 6.08. The Morgan fingerprint density at radius 3 is 2.59 bits per heavy atom. The van der Waals surface area contributed by atoms with Crippen molar-refractivity contribution in [2.75, 3.05) is 19.5 Å². The third-order valence-electron chi connectivity index (χ3n) is 8.42. The number of anilines is 1. The van der Waals surface area contributed by atoms with Gasteiger partial charge in [-0.25, -0.2) is 4.79 Å². The van der Waals surface area contributed by atoms with Crippen molar-refractivity contribution < 1.29 is 24.2 Å². The number of aliphatic carboxylic acids is 1. The lowest BCUT2D eigenvalue weighted by Crippen LogP contribution is -2.42. The van der Waals surface area contributed by atoms with E-state index in [0.717, 1.165) is 52.1 Å². The minimum atomic E-state index is -1.09. The van der Waals surface area contributed by atoms with E-state index in [0.29, 0.717) is 30.3 Å². The summed E-state index contributed by atoms with van der Waals surface area (Å²) in [5, 5.41) is 13.7. The van der Waals surface area contributed by atoms with Gasteiger partial charge < -0.3 is 30.2 Å². The normalized spacial score (nSPS) is 15.7. The Hall–Kier alpha value is -4.46. The number of benzene rings is 3. The number of nitrogens with one attached hydrogen (secondary N) is 1. The number of methoxy groups -OCH3 is 1. The molecule has 1 aliphatic carbocycles. The summed E-state index contributed by atoms with van der Waals surface area (Å²) < 4.78 is 13.9. The van der Waals surface area contributed by atoms with E-state index in [1.165, 1.54) is 24.8 Å². The van der Waals surface area contributed by atoms with E-state index in [1.807, 2.05) is 30.3 Å². The summed E-state index contributed by atoms with van der Waals surface area (Å²) >= 11 is 0. The van der Waals surface area contributed by atoms with Gasteiger partial charge in [0, 0.05) is 40.2 Å². The summed E-state index contributed by atoms with van der Waals surface area (Å²) in [5.74, 6) is 0.467. The van der Waals surface area contributed by atoms with Crippen molar-refractivity contribution in [2.24, 2.45) is 0 Å². The number of hydrogen-bond acceptors (Lipinski definition) is 5. The molecule has 0 spiro atoms. The van der Waals surface area contributed by atoms with Crippen LogP contribution in [0.1, 0.15) is 59.5 Å². The molecule has 1 saturated carbocycles. The minimum absolute atomic E-state index is 0.160. The number of carboxylic acid groups (broad SMARTS) is 1. The lowest BCUT2D eigenvalue weighted by Gasteiger charge is -2.23. The van der Waals surface area contributed by atoms with Crippen molar-refractivity contribution in [1.82, 2.24) is 9.88 Å². The van der Waals surface area contributed by atoms with E-state index >= 15 is 0 Å². The second-order valence-corrected chi connectivity index (χ2v) is 11.0. The molecule has 4 N–H and O–H groups in total.